The van der Waals surface area contributed by atoms with Gasteiger partial charge in [-0.15, -0.1) is 5.10 Å². The molecule has 4 aromatic rings. The van der Waals surface area contributed by atoms with E-state index in [1.807, 2.05) is 31.5 Å². The molecule has 0 saturated carbocycles. The summed E-state index contributed by atoms with van der Waals surface area (Å²) in [6.07, 6.45) is 5.37. The number of aromatic carboxylic acids is 1. The van der Waals surface area contributed by atoms with Gasteiger partial charge in [-0.2, -0.15) is 10.1 Å². The van der Waals surface area contributed by atoms with Crippen LogP contribution in [-0.4, -0.2) is 35.5 Å². The molecule has 124 valence electrons. The van der Waals surface area contributed by atoms with Crippen molar-refractivity contribution in [2.45, 2.75) is 6.92 Å². The molecule has 0 aliphatic heterocycles. The molecular weight excluding hydrogens is 320 g/mol. The zero-order chi connectivity index (χ0) is 17.4. The molecule has 8 nitrogen and oxygen atoms in total. The van der Waals surface area contributed by atoms with Gasteiger partial charge in [0.25, 0.3) is 0 Å². The number of nitrogens with zero attached hydrogens (tertiary/aromatic N) is 5. The van der Waals surface area contributed by atoms with Gasteiger partial charge >= 0.3 is 5.97 Å². The topological polar surface area (TPSA) is 97.3 Å². The van der Waals surface area contributed by atoms with E-state index in [0.29, 0.717) is 17.3 Å². The Kier molecular flexibility index (Phi) is 3.42. The maximum absolute atomic E-state index is 11.3. The van der Waals surface area contributed by atoms with Crippen molar-refractivity contribution in [1.29, 1.82) is 0 Å². The fraction of sp³-hybridized carbons (Fsp3) is 0.0588. The lowest BCUT2D eigenvalue weighted by molar-refractivity contribution is 0.0698. The molecule has 0 spiro atoms. The van der Waals surface area contributed by atoms with Gasteiger partial charge in [-0.05, 0) is 36.8 Å². The second-order valence-electron chi connectivity index (χ2n) is 5.51. The molecule has 0 unspecified atom stereocenters. The SMILES string of the molecule is Cc1cc(-n2cccn2)cn2nc(Nc3ccccc3C(=O)O)nc12. The Labute approximate surface area is 142 Å². The Hall–Kier alpha value is -3.68. The van der Waals surface area contributed by atoms with Crippen LogP contribution in [0, 0.1) is 6.92 Å². The largest absolute Gasteiger partial charge is 0.478 e. The van der Waals surface area contributed by atoms with Crippen LogP contribution in [0.4, 0.5) is 11.6 Å². The maximum atomic E-state index is 11.3. The van der Waals surface area contributed by atoms with Crippen LogP contribution in [-0.2, 0) is 0 Å². The number of anilines is 2. The monoisotopic (exact) mass is 334 g/mol. The highest BCUT2D eigenvalue weighted by Gasteiger charge is 2.13. The molecule has 0 amide bonds. The highest BCUT2D eigenvalue weighted by atomic mass is 16.4. The highest BCUT2D eigenvalue weighted by molar-refractivity contribution is 5.94. The summed E-state index contributed by atoms with van der Waals surface area (Å²) in [5.41, 5.74) is 3.08. The lowest BCUT2D eigenvalue weighted by atomic mass is 10.2. The Bertz CT molecular complexity index is 1070. The van der Waals surface area contributed by atoms with Crippen molar-refractivity contribution in [3.63, 3.8) is 0 Å². The molecule has 2 N–H and O–H groups in total. The van der Waals surface area contributed by atoms with Crippen molar-refractivity contribution < 1.29 is 9.90 Å². The zero-order valence-corrected chi connectivity index (χ0v) is 13.3. The number of carboxylic acid groups (broad SMARTS) is 1. The Balaban J connectivity index is 1.75. The third-order valence-corrected chi connectivity index (χ3v) is 3.78. The molecular formula is C17H14N6O2. The smallest absolute Gasteiger partial charge is 0.337 e. The molecule has 1 aromatic carbocycles. The van der Waals surface area contributed by atoms with Crippen molar-refractivity contribution in [2.24, 2.45) is 0 Å². The van der Waals surface area contributed by atoms with E-state index < -0.39 is 5.97 Å². The predicted molar refractivity (Wildman–Crippen MR) is 91.5 cm³/mol. The molecule has 0 radical (unpaired) electrons. The third-order valence-electron chi connectivity index (χ3n) is 3.78. The van der Waals surface area contributed by atoms with Crippen LogP contribution in [0.25, 0.3) is 11.3 Å². The lowest BCUT2D eigenvalue weighted by Gasteiger charge is -2.05. The van der Waals surface area contributed by atoms with E-state index in [1.54, 1.807) is 33.6 Å². The van der Waals surface area contributed by atoms with E-state index in [-0.39, 0.29) is 5.56 Å². The molecule has 3 aromatic heterocycles. The van der Waals surface area contributed by atoms with Crippen molar-refractivity contribution in [3.8, 4) is 5.69 Å². The fourth-order valence-corrected chi connectivity index (χ4v) is 2.63. The van der Waals surface area contributed by atoms with Gasteiger partial charge in [-0.3, -0.25) is 0 Å². The van der Waals surface area contributed by atoms with Gasteiger partial charge in [-0.25, -0.2) is 14.0 Å². The molecule has 3 heterocycles. The van der Waals surface area contributed by atoms with Gasteiger partial charge in [0.2, 0.25) is 5.95 Å². The minimum absolute atomic E-state index is 0.162. The van der Waals surface area contributed by atoms with Crippen molar-refractivity contribution >= 4 is 23.3 Å². The van der Waals surface area contributed by atoms with E-state index in [0.717, 1.165) is 11.3 Å². The molecule has 0 aliphatic carbocycles. The van der Waals surface area contributed by atoms with Gasteiger partial charge in [0, 0.05) is 12.4 Å². The average Bonchev–Trinajstić information content (AvgIpc) is 3.24. The maximum Gasteiger partial charge on any atom is 0.337 e. The van der Waals surface area contributed by atoms with Gasteiger partial charge in [-0.1, -0.05) is 12.1 Å². The number of hydrogen-bond acceptors (Lipinski definition) is 5. The number of carbonyl (C=O) groups is 1. The van der Waals surface area contributed by atoms with Crippen LogP contribution < -0.4 is 5.32 Å². The van der Waals surface area contributed by atoms with Crippen LogP contribution >= 0.6 is 0 Å². The van der Waals surface area contributed by atoms with Gasteiger partial charge in [0.15, 0.2) is 5.65 Å². The number of para-hydroxylation sites is 1. The second kappa shape index (κ2) is 5.75. The number of hydrogen-bond donors (Lipinski definition) is 2. The summed E-state index contributed by atoms with van der Waals surface area (Å²) >= 11 is 0. The van der Waals surface area contributed by atoms with Crippen molar-refractivity contribution in [2.75, 3.05) is 5.32 Å². The van der Waals surface area contributed by atoms with Crippen LogP contribution in [0.3, 0.4) is 0 Å². The minimum Gasteiger partial charge on any atom is -0.478 e. The summed E-state index contributed by atoms with van der Waals surface area (Å²) in [5, 5.41) is 20.9. The predicted octanol–water partition coefficient (Wildman–Crippen LogP) is 2.67. The number of aromatic nitrogens is 5. The number of pyridine rings is 1. The summed E-state index contributed by atoms with van der Waals surface area (Å²) in [6, 6.07) is 10.4. The summed E-state index contributed by atoms with van der Waals surface area (Å²) in [6.45, 7) is 1.94. The van der Waals surface area contributed by atoms with Crippen molar-refractivity contribution in [3.05, 3.63) is 66.1 Å². The molecule has 0 aliphatic rings. The first-order valence-corrected chi connectivity index (χ1v) is 7.58. The van der Waals surface area contributed by atoms with E-state index in [9.17, 15) is 9.90 Å². The van der Waals surface area contributed by atoms with E-state index in [1.165, 1.54) is 6.07 Å². The summed E-state index contributed by atoms with van der Waals surface area (Å²) < 4.78 is 3.39. The number of benzene rings is 1. The standard InChI is InChI=1S/C17H14N6O2/c1-11-9-12(22-8-4-7-18-22)10-23-15(11)20-17(21-23)19-14-6-3-2-5-13(14)16(24)25/h2-10H,1H3,(H,19,21)(H,24,25). The molecule has 4 rings (SSSR count). The number of aryl methyl sites for hydroxylation is 1. The number of nitrogens with one attached hydrogen (secondary N) is 1. The Morgan fingerprint density at radius 3 is 2.84 bits per heavy atom. The fourth-order valence-electron chi connectivity index (χ4n) is 2.63. The molecule has 8 heteroatoms. The minimum atomic E-state index is -1.01. The zero-order valence-electron chi connectivity index (χ0n) is 13.3. The summed E-state index contributed by atoms with van der Waals surface area (Å²) in [5.74, 6) is -0.682. The van der Waals surface area contributed by atoms with Crippen LogP contribution in [0.2, 0.25) is 0 Å². The Morgan fingerprint density at radius 2 is 2.08 bits per heavy atom. The highest BCUT2D eigenvalue weighted by Crippen LogP contribution is 2.21. The van der Waals surface area contributed by atoms with Gasteiger partial charge < -0.3 is 10.4 Å². The summed E-state index contributed by atoms with van der Waals surface area (Å²) in [7, 11) is 0. The molecule has 25 heavy (non-hydrogen) atoms. The molecule has 0 atom stereocenters. The quantitative estimate of drug-likeness (QED) is 0.595. The van der Waals surface area contributed by atoms with Crippen molar-refractivity contribution in [1.82, 2.24) is 24.4 Å². The van der Waals surface area contributed by atoms with Gasteiger partial charge in [0.05, 0.1) is 23.1 Å². The second-order valence-corrected chi connectivity index (χ2v) is 5.51. The first-order valence-electron chi connectivity index (χ1n) is 7.58. The lowest BCUT2D eigenvalue weighted by Crippen LogP contribution is -2.03. The first kappa shape index (κ1) is 14.9. The number of rotatable bonds is 4. The Morgan fingerprint density at radius 1 is 1.24 bits per heavy atom. The number of carboxylic acids is 1. The van der Waals surface area contributed by atoms with Gasteiger partial charge in [0.1, 0.15) is 0 Å². The number of fused-ring (bicyclic) bond motifs is 1. The molecule has 0 bridgehead atoms. The first-order chi connectivity index (χ1) is 12.1. The third kappa shape index (κ3) is 2.69. The summed E-state index contributed by atoms with van der Waals surface area (Å²) in [4.78, 5) is 15.8. The van der Waals surface area contributed by atoms with E-state index in [2.05, 4.69) is 20.5 Å². The van der Waals surface area contributed by atoms with Crippen LogP contribution in [0.5, 0.6) is 0 Å². The van der Waals surface area contributed by atoms with E-state index in [4.69, 9.17) is 0 Å². The van der Waals surface area contributed by atoms with Crippen LogP contribution in [0.1, 0.15) is 15.9 Å². The van der Waals surface area contributed by atoms with Crippen LogP contribution in [0.15, 0.2) is 55.0 Å². The van der Waals surface area contributed by atoms with E-state index >= 15 is 0 Å². The normalized spacial score (nSPS) is 10.9. The average molecular weight is 334 g/mol. The molecule has 0 saturated heterocycles. The molecule has 0 fully saturated rings.